The molecule has 3 rings (SSSR count). The number of rotatable bonds is 7. The van der Waals surface area contributed by atoms with Gasteiger partial charge in [-0.2, -0.15) is 4.31 Å². The van der Waals surface area contributed by atoms with Crippen LogP contribution < -0.4 is 5.32 Å². The number of carbonyl (C=O) groups is 1. The Morgan fingerprint density at radius 2 is 1.90 bits per heavy atom. The van der Waals surface area contributed by atoms with Crippen molar-refractivity contribution in [2.45, 2.75) is 18.4 Å². The summed E-state index contributed by atoms with van der Waals surface area (Å²) in [7, 11) is -3.99. The van der Waals surface area contributed by atoms with Crippen molar-refractivity contribution in [2.24, 2.45) is 0 Å². The van der Waals surface area contributed by atoms with Gasteiger partial charge in [0.15, 0.2) is 0 Å². The largest absolute Gasteiger partial charge is 0.468 e. The Labute approximate surface area is 176 Å². The number of sulfonamides is 1. The highest BCUT2D eigenvalue weighted by molar-refractivity contribution is 9.10. The minimum Gasteiger partial charge on any atom is -0.468 e. The van der Waals surface area contributed by atoms with Crippen LogP contribution in [0.5, 0.6) is 0 Å². The second kappa shape index (κ2) is 8.89. The van der Waals surface area contributed by atoms with E-state index in [2.05, 4.69) is 21.2 Å². The van der Waals surface area contributed by atoms with E-state index in [1.54, 1.807) is 30.3 Å². The molecule has 6 nitrogen and oxygen atoms in total. The number of anilines is 1. The SMILES string of the molecule is Cc1ccc(S(=O)(=O)N(CC(=O)Nc2ccc(Br)cc2F)Cc2ccco2)cc1. The molecule has 1 aromatic heterocycles. The number of furan rings is 1. The molecule has 0 aliphatic rings. The maximum absolute atomic E-state index is 14.0. The second-order valence-corrected chi connectivity index (χ2v) is 9.19. The van der Waals surface area contributed by atoms with Gasteiger partial charge in [-0.05, 0) is 49.4 Å². The zero-order valence-electron chi connectivity index (χ0n) is 15.4. The number of aryl methyl sites for hydroxylation is 1. The van der Waals surface area contributed by atoms with E-state index in [1.165, 1.54) is 30.5 Å². The minimum absolute atomic E-state index is 0.0381. The molecule has 0 atom stereocenters. The van der Waals surface area contributed by atoms with Gasteiger partial charge in [0.1, 0.15) is 11.6 Å². The maximum Gasteiger partial charge on any atom is 0.243 e. The van der Waals surface area contributed by atoms with E-state index in [4.69, 9.17) is 4.42 Å². The van der Waals surface area contributed by atoms with Crippen LogP contribution in [0.3, 0.4) is 0 Å². The number of benzene rings is 2. The van der Waals surface area contributed by atoms with Crippen LogP contribution in [-0.2, 0) is 21.4 Å². The number of amides is 1. The van der Waals surface area contributed by atoms with Gasteiger partial charge >= 0.3 is 0 Å². The smallest absolute Gasteiger partial charge is 0.243 e. The van der Waals surface area contributed by atoms with Gasteiger partial charge in [0, 0.05) is 4.47 Å². The molecule has 0 fully saturated rings. The van der Waals surface area contributed by atoms with Gasteiger partial charge in [0.25, 0.3) is 0 Å². The lowest BCUT2D eigenvalue weighted by atomic mass is 10.2. The monoisotopic (exact) mass is 480 g/mol. The fraction of sp³-hybridized carbons (Fsp3) is 0.150. The molecule has 0 aliphatic heterocycles. The van der Waals surface area contributed by atoms with E-state index < -0.39 is 28.3 Å². The molecule has 152 valence electrons. The number of halogens is 2. The first-order valence-corrected chi connectivity index (χ1v) is 10.8. The summed E-state index contributed by atoms with van der Waals surface area (Å²) < 4.78 is 46.9. The van der Waals surface area contributed by atoms with Gasteiger partial charge in [0.05, 0.1) is 29.9 Å². The Bertz CT molecular complexity index is 1100. The summed E-state index contributed by atoms with van der Waals surface area (Å²) in [4.78, 5) is 12.5. The zero-order valence-corrected chi connectivity index (χ0v) is 17.8. The summed E-state index contributed by atoms with van der Waals surface area (Å²) in [6, 6.07) is 13.7. The van der Waals surface area contributed by atoms with Crippen molar-refractivity contribution in [2.75, 3.05) is 11.9 Å². The van der Waals surface area contributed by atoms with Crippen LogP contribution in [0.15, 0.2) is 74.6 Å². The summed E-state index contributed by atoms with van der Waals surface area (Å²) in [6.45, 7) is 1.20. The van der Waals surface area contributed by atoms with E-state index in [1.807, 2.05) is 6.92 Å². The molecule has 0 spiro atoms. The second-order valence-electron chi connectivity index (χ2n) is 6.34. The molecule has 0 radical (unpaired) electrons. The van der Waals surface area contributed by atoms with Gasteiger partial charge < -0.3 is 9.73 Å². The highest BCUT2D eigenvalue weighted by Crippen LogP contribution is 2.21. The van der Waals surface area contributed by atoms with Crippen LogP contribution in [0.1, 0.15) is 11.3 Å². The van der Waals surface area contributed by atoms with Crippen LogP contribution in [0.2, 0.25) is 0 Å². The topological polar surface area (TPSA) is 79.6 Å². The van der Waals surface area contributed by atoms with Gasteiger partial charge in [-0.25, -0.2) is 12.8 Å². The molecule has 0 saturated heterocycles. The van der Waals surface area contributed by atoms with Crippen molar-refractivity contribution in [3.05, 3.63) is 82.5 Å². The molecule has 0 aliphatic carbocycles. The lowest BCUT2D eigenvalue weighted by molar-refractivity contribution is -0.116. The minimum atomic E-state index is -3.99. The van der Waals surface area contributed by atoms with Crippen LogP contribution in [0.25, 0.3) is 0 Å². The van der Waals surface area contributed by atoms with Crippen LogP contribution in [-0.4, -0.2) is 25.2 Å². The summed E-state index contributed by atoms with van der Waals surface area (Å²) in [6.07, 6.45) is 1.42. The van der Waals surface area contributed by atoms with E-state index >= 15 is 0 Å². The Balaban J connectivity index is 1.85. The average molecular weight is 481 g/mol. The van der Waals surface area contributed by atoms with E-state index in [-0.39, 0.29) is 17.1 Å². The van der Waals surface area contributed by atoms with Crippen molar-refractivity contribution in [3.8, 4) is 0 Å². The Hall–Kier alpha value is -2.49. The van der Waals surface area contributed by atoms with Crippen molar-refractivity contribution >= 4 is 37.5 Å². The molecule has 0 saturated carbocycles. The number of hydrogen-bond donors (Lipinski definition) is 1. The van der Waals surface area contributed by atoms with Gasteiger partial charge in [-0.15, -0.1) is 0 Å². The Kier molecular flexibility index (Phi) is 6.51. The molecule has 1 amide bonds. The zero-order chi connectivity index (χ0) is 21.0. The normalized spacial score (nSPS) is 11.6. The van der Waals surface area contributed by atoms with Gasteiger partial charge in [0.2, 0.25) is 15.9 Å². The molecule has 29 heavy (non-hydrogen) atoms. The van der Waals surface area contributed by atoms with Crippen molar-refractivity contribution in [3.63, 3.8) is 0 Å². The predicted octanol–water partition coefficient (Wildman–Crippen LogP) is 4.32. The Morgan fingerprint density at radius 1 is 1.17 bits per heavy atom. The fourth-order valence-electron chi connectivity index (χ4n) is 2.60. The average Bonchev–Trinajstić information content (AvgIpc) is 3.17. The number of carbonyl (C=O) groups excluding carboxylic acids is 1. The highest BCUT2D eigenvalue weighted by Gasteiger charge is 2.28. The molecule has 1 heterocycles. The van der Waals surface area contributed by atoms with E-state index in [0.717, 1.165) is 9.87 Å². The molecule has 0 bridgehead atoms. The summed E-state index contributed by atoms with van der Waals surface area (Å²) in [5, 5.41) is 2.41. The quantitative estimate of drug-likeness (QED) is 0.545. The predicted molar refractivity (Wildman–Crippen MR) is 110 cm³/mol. The molecule has 3 aromatic rings. The molecule has 9 heteroatoms. The van der Waals surface area contributed by atoms with Crippen LogP contribution in [0, 0.1) is 12.7 Å². The number of nitrogens with zero attached hydrogens (tertiary/aromatic N) is 1. The molecule has 2 aromatic carbocycles. The number of nitrogens with one attached hydrogen (secondary N) is 1. The first-order chi connectivity index (χ1) is 13.8. The van der Waals surface area contributed by atoms with Gasteiger partial charge in [-0.3, -0.25) is 4.79 Å². The molecular weight excluding hydrogens is 463 g/mol. The standard InChI is InChI=1S/C20H18BrFN2O4S/c1-14-4-7-17(8-5-14)29(26,27)24(12-16-3-2-10-28-16)13-20(25)23-19-9-6-15(21)11-18(19)22/h2-11H,12-13H2,1H3,(H,23,25). The third kappa shape index (κ3) is 5.31. The lowest BCUT2D eigenvalue weighted by Gasteiger charge is -2.21. The first kappa shape index (κ1) is 21.2. The highest BCUT2D eigenvalue weighted by atomic mass is 79.9. The molecule has 0 unspecified atom stereocenters. The van der Waals surface area contributed by atoms with Crippen molar-refractivity contribution < 1.29 is 22.0 Å². The van der Waals surface area contributed by atoms with Crippen molar-refractivity contribution in [1.82, 2.24) is 4.31 Å². The van der Waals surface area contributed by atoms with Crippen LogP contribution in [0.4, 0.5) is 10.1 Å². The lowest BCUT2D eigenvalue weighted by Crippen LogP contribution is -2.37. The number of hydrogen-bond acceptors (Lipinski definition) is 4. The van der Waals surface area contributed by atoms with Crippen LogP contribution >= 0.6 is 15.9 Å². The fourth-order valence-corrected chi connectivity index (χ4v) is 4.30. The van der Waals surface area contributed by atoms with Gasteiger partial charge in [-0.1, -0.05) is 33.6 Å². The summed E-state index contributed by atoms with van der Waals surface area (Å²) in [5.41, 5.74) is 0.869. The molecular formula is C20H18BrFN2O4S. The third-order valence-corrected chi connectivity index (χ3v) is 6.40. The Morgan fingerprint density at radius 3 is 2.52 bits per heavy atom. The summed E-state index contributed by atoms with van der Waals surface area (Å²) in [5.74, 6) is -0.927. The van der Waals surface area contributed by atoms with E-state index in [0.29, 0.717) is 10.2 Å². The van der Waals surface area contributed by atoms with E-state index in [9.17, 15) is 17.6 Å². The third-order valence-electron chi connectivity index (χ3n) is 4.10. The van der Waals surface area contributed by atoms with Crippen molar-refractivity contribution in [1.29, 1.82) is 0 Å². The first-order valence-electron chi connectivity index (χ1n) is 8.60. The summed E-state index contributed by atoms with van der Waals surface area (Å²) >= 11 is 3.14. The maximum atomic E-state index is 14.0. The molecule has 1 N–H and O–H groups in total.